The van der Waals surface area contributed by atoms with Crippen molar-refractivity contribution < 1.29 is 14.3 Å². The van der Waals surface area contributed by atoms with Gasteiger partial charge in [0.1, 0.15) is 21.2 Å². The number of para-hydroxylation sites is 1. The molecule has 2 atom stereocenters. The number of anilines is 3. The lowest BCUT2D eigenvalue weighted by Crippen LogP contribution is -2.50. The van der Waals surface area contributed by atoms with Crippen LogP contribution < -0.4 is 25.6 Å². The van der Waals surface area contributed by atoms with Crippen molar-refractivity contribution in [2.75, 3.05) is 17.3 Å². The van der Waals surface area contributed by atoms with E-state index in [-0.39, 0.29) is 24.0 Å². The van der Waals surface area contributed by atoms with Gasteiger partial charge in [0, 0.05) is 18.3 Å². The highest BCUT2D eigenvalue weighted by atomic mass is 32.1. The molecule has 8 nitrogen and oxygen atoms in total. The Bertz CT molecular complexity index is 1520. The number of hydrogen-bond donors (Lipinski definition) is 3. The van der Waals surface area contributed by atoms with Crippen LogP contribution in [0.1, 0.15) is 54.8 Å². The topological polar surface area (TPSA) is 95.6 Å². The second kappa shape index (κ2) is 12.1. The number of rotatable bonds is 6. The number of aromatic nitrogens is 1. The average Bonchev–Trinajstić information content (AvgIpc) is 3.35. The molecule has 3 N–H and O–H groups in total. The minimum absolute atomic E-state index is 0.0566. The maximum Gasteiger partial charge on any atom is 0.331 e. The molecule has 1 aliphatic heterocycles. The van der Waals surface area contributed by atoms with E-state index in [4.69, 9.17) is 4.74 Å². The van der Waals surface area contributed by atoms with E-state index in [0.29, 0.717) is 26.8 Å². The largest absolute Gasteiger partial charge is 0.457 e. The van der Waals surface area contributed by atoms with E-state index in [1.54, 1.807) is 11.1 Å². The molecule has 40 heavy (non-hydrogen) atoms. The molecular formula is C31H35N5O3S. The number of nitrogens with one attached hydrogen (secondary N) is 3. The third-order valence-electron chi connectivity index (χ3n) is 7.29. The smallest absolute Gasteiger partial charge is 0.331 e. The van der Waals surface area contributed by atoms with E-state index < -0.39 is 0 Å². The number of urea groups is 1. The highest BCUT2D eigenvalue weighted by Crippen LogP contribution is 2.46. The first-order chi connectivity index (χ1) is 19.5. The van der Waals surface area contributed by atoms with Crippen molar-refractivity contribution in [2.24, 2.45) is 0 Å². The van der Waals surface area contributed by atoms with E-state index >= 15 is 0 Å². The third-order valence-corrected chi connectivity index (χ3v) is 8.39. The summed E-state index contributed by atoms with van der Waals surface area (Å²) >= 11 is 1.31. The van der Waals surface area contributed by atoms with Gasteiger partial charge in [0.15, 0.2) is 0 Å². The standard InChI is InChI=1S/C29H29N5O3S.C2H6/c1-17-16-19(37-18-8-4-3-5-9-18)12-13-22(17)34-23-14-15-31-28-24(23)25(33-29(34)36)26(38-28)27(35)32-21-11-7-6-10-20(21)30-2;1-2/h3-5,8-9,12-16,20-21,30H,6-7,10-11H2,1-2H3,(H,32,35)(H,33,36);1-2H3. The van der Waals surface area contributed by atoms with Gasteiger partial charge in [-0.1, -0.05) is 44.9 Å². The number of carbonyl (C=O) groups excluding carboxylic acids is 2. The maximum atomic E-state index is 13.5. The minimum Gasteiger partial charge on any atom is -0.457 e. The molecule has 2 aromatic carbocycles. The molecule has 3 amide bonds. The zero-order chi connectivity index (χ0) is 28.2. The van der Waals surface area contributed by atoms with E-state index in [1.807, 2.05) is 82.4 Å². The molecule has 2 unspecified atom stereocenters. The summed E-state index contributed by atoms with van der Waals surface area (Å²) in [4.78, 5) is 34.3. The van der Waals surface area contributed by atoms with Crippen molar-refractivity contribution >= 4 is 50.6 Å². The van der Waals surface area contributed by atoms with Gasteiger partial charge in [-0.25, -0.2) is 9.78 Å². The molecule has 0 radical (unpaired) electrons. The van der Waals surface area contributed by atoms with Crippen molar-refractivity contribution in [1.29, 1.82) is 0 Å². The van der Waals surface area contributed by atoms with Crippen LogP contribution in [0, 0.1) is 6.92 Å². The highest BCUT2D eigenvalue weighted by molar-refractivity contribution is 7.21. The molecular weight excluding hydrogens is 522 g/mol. The number of likely N-dealkylation sites (N-methyl/N-ethyl adjacent to an activating group) is 1. The van der Waals surface area contributed by atoms with Gasteiger partial charge < -0.3 is 20.7 Å². The highest BCUT2D eigenvalue weighted by Gasteiger charge is 2.34. The average molecular weight is 558 g/mol. The Morgan fingerprint density at radius 3 is 2.50 bits per heavy atom. The molecule has 4 aromatic rings. The van der Waals surface area contributed by atoms with Crippen LogP contribution in [0.25, 0.3) is 10.2 Å². The molecule has 0 spiro atoms. The monoisotopic (exact) mass is 557 g/mol. The second-order valence-electron chi connectivity index (χ2n) is 9.70. The summed E-state index contributed by atoms with van der Waals surface area (Å²) in [5.41, 5.74) is 2.85. The molecule has 1 aliphatic carbocycles. The van der Waals surface area contributed by atoms with Crippen LogP contribution in [-0.4, -0.2) is 36.1 Å². The Morgan fingerprint density at radius 1 is 1.02 bits per heavy atom. The molecule has 1 saturated carbocycles. The first-order valence-corrected chi connectivity index (χ1v) is 14.7. The summed E-state index contributed by atoms with van der Waals surface area (Å²) < 4.78 is 5.97. The lowest BCUT2D eigenvalue weighted by atomic mass is 9.90. The van der Waals surface area contributed by atoms with Crippen molar-refractivity contribution in [1.82, 2.24) is 15.6 Å². The number of thiophene rings is 1. The van der Waals surface area contributed by atoms with Crippen molar-refractivity contribution in [2.45, 2.75) is 58.5 Å². The summed E-state index contributed by atoms with van der Waals surface area (Å²) in [5, 5.41) is 10.3. The molecule has 208 valence electrons. The summed E-state index contributed by atoms with van der Waals surface area (Å²) in [6.45, 7) is 5.95. The van der Waals surface area contributed by atoms with Crippen LogP contribution in [0.3, 0.4) is 0 Å². The molecule has 1 fully saturated rings. The molecule has 2 aliphatic rings. The van der Waals surface area contributed by atoms with Crippen molar-refractivity contribution in [3.8, 4) is 11.5 Å². The number of amides is 3. The molecule has 0 saturated heterocycles. The number of ether oxygens (including phenoxy) is 1. The first-order valence-electron chi connectivity index (χ1n) is 13.9. The fraction of sp³-hybridized carbons (Fsp3) is 0.323. The Kier molecular flexibility index (Phi) is 8.32. The maximum absolute atomic E-state index is 13.5. The van der Waals surface area contributed by atoms with E-state index in [9.17, 15) is 9.59 Å². The minimum atomic E-state index is -0.317. The number of pyridine rings is 1. The van der Waals surface area contributed by atoms with Gasteiger partial charge in [0.05, 0.1) is 22.4 Å². The second-order valence-corrected chi connectivity index (χ2v) is 10.7. The van der Waals surface area contributed by atoms with Gasteiger partial charge in [-0.15, -0.1) is 11.3 Å². The van der Waals surface area contributed by atoms with Crippen molar-refractivity contribution in [3.05, 3.63) is 71.2 Å². The Labute approximate surface area is 238 Å². The van der Waals surface area contributed by atoms with Gasteiger partial charge >= 0.3 is 6.03 Å². The van der Waals surface area contributed by atoms with Crippen molar-refractivity contribution in [3.63, 3.8) is 0 Å². The SMILES string of the molecule is CC.CNC1CCCCC1NC(=O)c1sc2nccc3c2c1NC(=O)N3c1ccc(Oc2ccccc2)cc1C. The van der Waals surface area contributed by atoms with Gasteiger partial charge in [-0.3, -0.25) is 9.69 Å². The fourth-order valence-corrected chi connectivity index (χ4v) is 6.46. The van der Waals surface area contributed by atoms with Gasteiger partial charge in [0.25, 0.3) is 5.91 Å². The molecule has 2 aromatic heterocycles. The molecule has 0 bridgehead atoms. The summed E-state index contributed by atoms with van der Waals surface area (Å²) in [7, 11) is 1.94. The number of nitrogens with zero attached hydrogens (tertiary/aromatic N) is 2. The zero-order valence-electron chi connectivity index (χ0n) is 23.3. The molecule has 9 heteroatoms. The number of hydrogen-bond acceptors (Lipinski definition) is 6. The van der Waals surface area contributed by atoms with Gasteiger partial charge in [-0.05, 0) is 68.8 Å². The third kappa shape index (κ3) is 5.26. The van der Waals surface area contributed by atoms with Crippen LogP contribution in [0.5, 0.6) is 11.5 Å². The Hall–Kier alpha value is -3.95. The number of benzene rings is 2. The van der Waals surface area contributed by atoms with E-state index in [0.717, 1.165) is 48.1 Å². The fourth-order valence-electron chi connectivity index (χ4n) is 5.43. The van der Waals surface area contributed by atoms with E-state index in [2.05, 4.69) is 20.9 Å². The van der Waals surface area contributed by atoms with Gasteiger partial charge in [0.2, 0.25) is 0 Å². The predicted octanol–water partition coefficient (Wildman–Crippen LogP) is 7.37. The predicted molar refractivity (Wildman–Crippen MR) is 162 cm³/mol. The van der Waals surface area contributed by atoms with Crippen LogP contribution >= 0.6 is 11.3 Å². The van der Waals surface area contributed by atoms with Crippen LogP contribution in [0.15, 0.2) is 60.8 Å². The van der Waals surface area contributed by atoms with Crippen LogP contribution in [-0.2, 0) is 0 Å². The Morgan fingerprint density at radius 2 is 1.77 bits per heavy atom. The lowest BCUT2D eigenvalue weighted by Gasteiger charge is -2.32. The molecule has 3 heterocycles. The number of carbonyl (C=O) groups is 2. The van der Waals surface area contributed by atoms with Gasteiger partial charge in [-0.2, -0.15) is 0 Å². The summed E-state index contributed by atoms with van der Waals surface area (Å²) in [6, 6.07) is 17.0. The summed E-state index contributed by atoms with van der Waals surface area (Å²) in [5.74, 6) is 1.26. The quantitative estimate of drug-likeness (QED) is 0.230. The Balaban J connectivity index is 0.00000158. The molecule has 6 rings (SSSR count). The summed E-state index contributed by atoms with van der Waals surface area (Å²) in [6.07, 6.45) is 5.90. The number of aryl methyl sites for hydroxylation is 1. The van der Waals surface area contributed by atoms with Crippen LogP contribution in [0.4, 0.5) is 21.9 Å². The van der Waals surface area contributed by atoms with Crippen LogP contribution in [0.2, 0.25) is 0 Å². The van der Waals surface area contributed by atoms with E-state index in [1.165, 1.54) is 11.3 Å². The normalized spacial score (nSPS) is 18.0. The lowest BCUT2D eigenvalue weighted by molar-refractivity contribution is 0.0921. The first kappa shape index (κ1) is 27.6. The zero-order valence-corrected chi connectivity index (χ0v) is 24.1.